The molecule has 1 aliphatic heterocycles. The van der Waals surface area contributed by atoms with Crippen LogP contribution in [0.15, 0.2) is 24.3 Å². The predicted octanol–water partition coefficient (Wildman–Crippen LogP) is 2.94. The Labute approximate surface area is 167 Å². The van der Waals surface area contributed by atoms with E-state index in [0.29, 0.717) is 37.4 Å². The maximum Gasteiger partial charge on any atom is 0.320 e. The van der Waals surface area contributed by atoms with Gasteiger partial charge in [-0.2, -0.15) is 0 Å². The molecule has 7 nitrogen and oxygen atoms in total. The second kappa shape index (κ2) is 10.1. The molecule has 1 aliphatic rings. The number of hydrogen-bond acceptors (Lipinski definition) is 3. The zero-order valence-electron chi connectivity index (χ0n) is 17.3. The molecule has 1 heterocycles. The summed E-state index contributed by atoms with van der Waals surface area (Å²) in [5, 5.41) is 5.75. The lowest BCUT2D eigenvalue weighted by Gasteiger charge is -2.35. The number of likely N-dealkylation sites (tertiary alicyclic amines) is 1. The molecule has 28 heavy (non-hydrogen) atoms. The van der Waals surface area contributed by atoms with Crippen LogP contribution < -0.4 is 10.6 Å². The summed E-state index contributed by atoms with van der Waals surface area (Å²) in [6, 6.07) is 6.96. The van der Waals surface area contributed by atoms with E-state index in [1.807, 2.05) is 27.7 Å². The van der Waals surface area contributed by atoms with Crippen molar-refractivity contribution in [1.82, 2.24) is 15.1 Å². The summed E-state index contributed by atoms with van der Waals surface area (Å²) >= 11 is 0. The zero-order chi connectivity index (χ0) is 20.7. The molecule has 0 aromatic heterocycles. The molecule has 0 unspecified atom stereocenters. The van der Waals surface area contributed by atoms with Gasteiger partial charge in [0.15, 0.2) is 0 Å². The largest absolute Gasteiger partial charge is 0.350 e. The Hall–Kier alpha value is -2.57. The number of benzene rings is 1. The van der Waals surface area contributed by atoms with Crippen LogP contribution in [-0.4, -0.2) is 59.9 Å². The summed E-state index contributed by atoms with van der Waals surface area (Å²) in [5.41, 5.74) is 1.10. The van der Waals surface area contributed by atoms with Crippen molar-refractivity contribution < 1.29 is 14.4 Å². The molecule has 1 atom stereocenters. The number of urea groups is 1. The van der Waals surface area contributed by atoms with Crippen molar-refractivity contribution in [1.29, 1.82) is 0 Å². The lowest BCUT2D eigenvalue weighted by atomic mass is 9.97. The van der Waals surface area contributed by atoms with E-state index in [4.69, 9.17) is 0 Å². The number of carbonyl (C=O) groups excluding carboxylic acids is 3. The summed E-state index contributed by atoms with van der Waals surface area (Å²) in [5.74, 6) is -0.528. The average Bonchev–Trinajstić information content (AvgIpc) is 2.68. The average molecular weight is 389 g/mol. The summed E-state index contributed by atoms with van der Waals surface area (Å²) in [6.07, 6.45) is 1.56. The Morgan fingerprint density at radius 3 is 2.57 bits per heavy atom. The van der Waals surface area contributed by atoms with Gasteiger partial charge in [0.2, 0.25) is 5.91 Å². The number of piperidine rings is 1. The Balaban J connectivity index is 2.00. The first-order chi connectivity index (χ1) is 13.3. The third-order valence-corrected chi connectivity index (χ3v) is 4.91. The number of carbonyl (C=O) groups is 3. The molecular weight excluding hydrogens is 356 g/mol. The first-order valence-corrected chi connectivity index (χ1v) is 10.1. The number of rotatable bonds is 6. The normalized spacial score (nSPS) is 16.6. The maximum atomic E-state index is 12.7. The zero-order valence-corrected chi connectivity index (χ0v) is 17.3. The molecule has 2 N–H and O–H groups in total. The van der Waals surface area contributed by atoms with E-state index in [0.717, 1.165) is 12.8 Å². The fraction of sp³-hybridized carbons (Fsp3) is 0.571. The standard InChI is InChI=1S/C21H32N4O3/c1-5-24(6-2)21(28)25-12-8-10-17(14-25)20(27)23-18-11-7-9-16(13-18)19(26)22-15(3)4/h7,9,11,13,15,17H,5-6,8,10,12,14H2,1-4H3,(H,22,26)(H,23,27)/t17-/m0/s1. The van der Waals surface area contributed by atoms with Crippen LogP contribution in [0.3, 0.4) is 0 Å². The van der Waals surface area contributed by atoms with Crippen LogP contribution in [0.4, 0.5) is 10.5 Å². The molecule has 154 valence electrons. The minimum atomic E-state index is -0.249. The number of anilines is 1. The molecule has 1 aromatic carbocycles. The van der Waals surface area contributed by atoms with Crippen LogP contribution >= 0.6 is 0 Å². The van der Waals surface area contributed by atoms with Crippen LogP contribution in [-0.2, 0) is 4.79 Å². The third kappa shape index (κ3) is 5.71. The highest BCUT2D eigenvalue weighted by Crippen LogP contribution is 2.20. The number of nitrogens with one attached hydrogen (secondary N) is 2. The minimum Gasteiger partial charge on any atom is -0.350 e. The van der Waals surface area contributed by atoms with Gasteiger partial charge in [-0.3, -0.25) is 9.59 Å². The van der Waals surface area contributed by atoms with Crippen molar-refractivity contribution in [2.45, 2.75) is 46.6 Å². The van der Waals surface area contributed by atoms with Crippen molar-refractivity contribution in [2.75, 3.05) is 31.5 Å². The van der Waals surface area contributed by atoms with Gasteiger partial charge in [-0.25, -0.2) is 4.79 Å². The second-order valence-corrected chi connectivity index (χ2v) is 7.44. The fourth-order valence-corrected chi connectivity index (χ4v) is 3.39. The monoisotopic (exact) mass is 388 g/mol. The maximum absolute atomic E-state index is 12.7. The van der Waals surface area contributed by atoms with Gasteiger partial charge in [-0.1, -0.05) is 6.07 Å². The molecular formula is C21H32N4O3. The van der Waals surface area contributed by atoms with E-state index < -0.39 is 0 Å². The van der Waals surface area contributed by atoms with Gasteiger partial charge in [-0.05, 0) is 58.7 Å². The number of hydrogen-bond donors (Lipinski definition) is 2. The van der Waals surface area contributed by atoms with Crippen LogP contribution in [0.2, 0.25) is 0 Å². The molecule has 0 radical (unpaired) electrons. The van der Waals surface area contributed by atoms with Crippen LogP contribution in [0, 0.1) is 5.92 Å². The van der Waals surface area contributed by atoms with Crippen molar-refractivity contribution in [3.8, 4) is 0 Å². The van der Waals surface area contributed by atoms with E-state index in [9.17, 15) is 14.4 Å². The molecule has 4 amide bonds. The molecule has 2 rings (SSSR count). The van der Waals surface area contributed by atoms with Gasteiger partial charge >= 0.3 is 6.03 Å². The van der Waals surface area contributed by atoms with E-state index in [2.05, 4.69) is 10.6 Å². The lowest BCUT2D eigenvalue weighted by Crippen LogP contribution is -2.49. The van der Waals surface area contributed by atoms with Gasteiger partial charge in [0.1, 0.15) is 0 Å². The van der Waals surface area contributed by atoms with Gasteiger partial charge in [0, 0.05) is 43.5 Å². The Kier molecular flexibility index (Phi) is 7.84. The molecule has 0 spiro atoms. The van der Waals surface area contributed by atoms with Crippen molar-refractivity contribution in [3.63, 3.8) is 0 Å². The molecule has 0 aliphatic carbocycles. The van der Waals surface area contributed by atoms with E-state index in [1.165, 1.54) is 0 Å². The topological polar surface area (TPSA) is 81.8 Å². The summed E-state index contributed by atoms with van der Waals surface area (Å²) in [4.78, 5) is 41.0. The quantitative estimate of drug-likeness (QED) is 0.786. The van der Waals surface area contributed by atoms with Crippen molar-refractivity contribution in [3.05, 3.63) is 29.8 Å². The fourth-order valence-electron chi connectivity index (χ4n) is 3.39. The first kappa shape index (κ1) is 21.7. The molecule has 1 aromatic rings. The SMILES string of the molecule is CCN(CC)C(=O)N1CCC[C@H](C(=O)Nc2cccc(C(=O)NC(C)C)c2)C1. The minimum absolute atomic E-state index is 0.00476. The smallest absolute Gasteiger partial charge is 0.320 e. The molecule has 7 heteroatoms. The molecule has 0 bridgehead atoms. The van der Waals surface area contributed by atoms with Crippen LogP contribution in [0.25, 0.3) is 0 Å². The predicted molar refractivity (Wildman–Crippen MR) is 110 cm³/mol. The number of amides is 4. The third-order valence-electron chi connectivity index (χ3n) is 4.91. The summed E-state index contributed by atoms with van der Waals surface area (Å²) in [7, 11) is 0. The van der Waals surface area contributed by atoms with Crippen LogP contribution in [0.1, 0.15) is 50.9 Å². The van der Waals surface area contributed by atoms with Crippen LogP contribution in [0.5, 0.6) is 0 Å². The Morgan fingerprint density at radius 1 is 1.21 bits per heavy atom. The van der Waals surface area contributed by atoms with Gasteiger partial charge in [-0.15, -0.1) is 0 Å². The lowest BCUT2D eigenvalue weighted by molar-refractivity contribution is -0.121. The van der Waals surface area contributed by atoms with E-state index in [-0.39, 0.29) is 29.8 Å². The van der Waals surface area contributed by atoms with Gasteiger partial charge in [0.25, 0.3) is 5.91 Å². The summed E-state index contributed by atoms with van der Waals surface area (Å²) < 4.78 is 0. The van der Waals surface area contributed by atoms with Crippen molar-refractivity contribution >= 4 is 23.5 Å². The highest BCUT2D eigenvalue weighted by Gasteiger charge is 2.30. The Bertz CT molecular complexity index is 701. The van der Waals surface area contributed by atoms with E-state index in [1.54, 1.807) is 34.1 Å². The second-order valence-electron chi connectivity index (χ2n) is 7.44. The Morgan fingerprint density at radius 2 is 1.93 bits per heavy atom. The molecule has 0 saturated carbocycles. The highest BCUT2D eigenvalue weighted by atomic mass is 16.2. The highest BCUT2D eigenvalue weighted by molar-refractivity contribution is 5.98. The van der Waals surface area contributed by atoms with Crippen molar-refractivity contribution in [2.24, 2.45) is 5.92 Å². The van der Waals surface area contributed by atoms with Gasteiger partial charge in [0.05, 0.1) is 5.92 Å². The number of nitrogens with zero attached hydrogens (tertiary/aromatic N) is 2. The summed E-state index contributed by atoms with van der Waals surface area (Å²) in [6.45, 7) is 10.1. The first-order valence-electron chi connectivity index (χ1n) is 10.1. The molecule has 1 saturated heterocycles. The molecule has 1 fully saturated rings. The van der Waals surface area contributed by atoms with Gasteiger partial charge < -0.3 is 20.4 Å². The van der Waals surface area contributed by atoms with E-state index >= 15 is 0 Å².